The second-order valence-corrected chi connectivity index (χ2v) is 4.75. The van der Waals surface area contributed by atoms with Gasteiger partial charge in [-0.3, -0.25) is 4.79 Å². The fraction of sp³-hybridized carbons (Fsp3) is 0. The Hall–Kier alpha value is -2.52. The number of carbonyl (C=O) groups excluding carboxylic acids is 1. The van der Waals surface area contributed by atoms with Gasteiger partial charge in [-0.05, 0) is 24.3 Å². The molecule has 0 aliphatic heterocycles. The Labute approximate surface area is 111 Å². The predicted octanol–water partition coefficient (Wildman–Crippen LogP) is 2.87. The summed E-state index contributed by atoms with van der Waals surface area (Å²) in [7, 11) is 0. The average Bonchev–Trinajstić information content (AvgIpc) is 3.03. The largest absolute Gasteiger partial charge is 0.352 e. The lowest BCUT2D eigenvalue weighted by Crippen LogP contribution is -2.00. The van der Waals surface area contributed by atoms with Crippen molar-refractivity contribution in [3.63, 3.8) is 0 Å². The Morgan fingerprint density at radius 3 is 3.00 bits per heavy atom. The van der Waals surface area contributed by atoms with Gasteiger partial charge in [-0.1, -0.05) is 0 Å². The van der Waals surface area contributed by atoms with Gasteiger partial charge in [0.15, 0.2) is 10.7 Å². The van der Waals surface area contributed by atoms with Gasteiger partial charge < -0.3 is 4.98 Å². The van der Waals surface area contributed by atoms with Gasteiger partial charge in [0.25, 0.3) is 0 Å². The number of hydrogen-bond acceptors (Lipinski definition) is 4. The highest BCUT2D eigenvalue weighted by molar-refractivity contribution is 7.12. The summed E-state index contributed by atoms with van der Waals surface area (Å²) in [5.74, 6) is -0.658. The number of aromatic amines is 1. The average molecular weight is 271 g/mol. The number of H-pyrrole nitrogens is 1. The molecule has 4 nitrogen and oxygen atoms in total. The van der Waals surface area contributed by atoms with E-state index in [2.05, 4.69) is 9.97 Å². The molecule has 0 aliphatic carbocycles. The van der Waals surface area contributed by atoms with E-state index in [0.717, 1.165) is 11.3 Å². The number of benzene rings is 1. The minimum atomic E-state index is -0.355. The third kappa shape index (κ3) is 2.00. The number of hydrogen-bond donors (Lipinski definition) is 1. The Bertz CT molecular complexity index is 828. The van der Waals surface area contributed by atoms with Crippen molar-refractivity contribution in [2.24, 2.45) is 0 Å². The van der Waals surface area contributed by atoms with Gasteiger partial charge in [-0.2, -0.15) is 5.26 Å². The van der Waals surface area contributed by atoms with Crippen LogP contribution in [0.1, 0.15) is 21.2 Å². The van der Waals surface area contributed by atoms with Crippen molar-refractivity contribution in [1.29, 1.82) is 5.26 Å². The van der Waals surface area contributed by atoms with Crippen LogP contribution in [0.5, 0.6) is 0 Å². The number of aromatic nitrogens is 2. The number of fused-ring (bicyclic) bond motifs is 1. The molecular formula is C13H6FN3OS. The van der Waals surface area contributed by atoms with Gasteiger partial charge in [-0.15, -0.1) is 11.3 Å². The predicted molar refractivity (Wildman–Crippen MR) is 68.5 cm³/mol. The SMILES string of the molecule is N#Cc1csc(C(=O)c2cc3cc(F)ccc3[nH]2)n1. The summed E-state index contributed by atoms with van der Waals surface area (Å²) in [6.45, 7) is 0. The Balaban J connectivity index is 2.04. The van der Waals surface area contributed by atoms with E-state index in [1.807, 2.05) is 6.07 Å². The quantitative estimate of drug-likeness (QED) is 0.728. The van der Waals surface area contributed by atoms with Gasteiger partial charge in [0.05, 0.1) is 5.69 Å². The first-order valence-electron chi connectivity index (χ1n) is 5.36. The first-order valence-corrected chi connectivity index (χ1v) is 6.24. The van der Waals surface area contributed by atoms with Crippen molar-refractivity contribution in [2.75, 3.05) is 0 Å². The lowest BCUT2D eigenvalue weighted by Gasteiger charge is -1.90. The van der Waals surface area contributed by atoms with E-state index in [1.54, 1.807) is 12.1 Å². The first kappa shape index (κ1) is 11.6. The lowest BCUT2D eigenvalue weighted by molar-refractivity contribution is 0.103. The van der Waals surface area contributed by atoms with Crippen LogP contribution in [0.4, 0.5) is 4.39 Å². The molecule has 2 aromatic heterocycles. The number of nitrogens with one attached hydrogen (secondary N) is 1. The summed E-state index contributed by atoms with van der Waals surface area (Å²) in [5.41, 5.74) is 1.23. The second kappa shape index (κ2) is 4.30. The van der Waals surface area contributed by atoms with Crippen molar-refractivity contribution >= 4 is 28.0 Å². The molecule has 19 heavy (non-hydrogen) atoms. The molecule has 0 radical (unpaired) electrons. The van der Waals surface area contributed by atoms with Gasteiger partial charge >= 0.3 is 0 Å². The van der Waals surface area contributed by atoms with Crippen molar-refractivity contribution in [2.45, 2.75) is 0 Å². The summed E-state index contributed by atoms with van der Waals surface area (Å²) >= 11 is 1.11. The molecule has 0 fully saturated rings. The molecule has 0 aliphatic rings. The number of ketones is 1. The van der Waals surface area contributed by atoms with Crippen LogP contribution in [0.3, 0.4) is 0 Å². The maximum absolute atomic E-state index is 13.1. The molecule has 1 aromatic carbocycles. The summed E-state index contributed by atoms with van der Waals surface area (Å²) in [6, 6.07) is 7.70. The highest BCUT2D eigenvalue weighted by Crippen LogP contribution is 2.20. The smallest absolute Gasteiger partial charge is 0.237 e. The number of nitrogens with zero attached hydrogens (tertiary/aromatic N) is 2. The summed E-state index contributed by atoms with van der Waals surface area (Å²) in [5, 5.41) is 11.1. The van der Waals surface area contributed by atoms with Crippen LogP contribution >= 0.6 is 11.3 Å². The monoisotopic (exact) mass is 271 g/mol. The number of nitriles is 1. The van der Waals surface area contributed by atoms with E-state index < -0.39 is 0 Å². The van der Waals surface area contributed by atoms with E-state index >= 15 is 0 Å². The van der Waals surface area contributed by atoms with Crippen LogP contribution < -0.4 is 0 Å². The Morgan fingerprint density at radius 2 is 2.26 bits per heavy atom. The van der Waals surface area contributed by atoms with E-state index in [1.165, 1.54) is 17.5 Å². The first-order chi connectivity index (χ1) is 9.17. The van der Waals surface area contributed by atoms with Gasteiger partial charge in [0.2, 0.25) is 5.78 Å². The van der Waals surface area contributed by atoms with E-state index in [0.29, 0.717) is 16.6 Å². The molecule has 0 saturated heterocycles. The highest BCUT2D eigenvalue weighted by atomic mass is 32.1. The Morgan fingerprint density at radius 1 is 1.42 bits per heavy atom. The highest BCUT2D eigenvalue weighted by Gasteiger charge is 2.16. The fourth-order valence-corrected chi connectivity index (χ4v) is 2.47. The zero-order valence-electron chi connectivity index (χ0n) is 9.48. The van der Waals surface area contributed by atoms with Gasteiger partial charge in [0, 0.05) is 16.3 Å². The third-order valence-corrected chi connectivity index (χ3v) is 3.48. The van der Waals surface area contributed by atoms with Crippen LogP contribution in [-0.4, -0.2) is 15.8 Å². The summed E-state index contributed by atoms with van der Waals surface area (Å²) in [6.07, 6.45) is 0. The number of carbonyl (C=O) groups is 1. The van der Waals surface area contributed by atoms with E-state index in [9.17, 15) is 9.18 Å². The Kier molecular flexibility index (Phi) is 2.62. The van der Waals surface area contributed by atoms with Crippen LogP contribution in [0, 0.1) is 17.1 Å². The third-order valence-electron chi connectivity index (χ3n) is 2.64. The second-order valence-electron chi connectivity index (χ2n) is 3.89. The lowest BCUT2D eigenvalue weighted by atomic mass is 10.2. The van der Waals surface area contributed by atoms with Crippen molar-refractivity contribution in [1.82, 2.24) is 9.97 Å². The molecule has 3 aromatic rings. The van der Waals surface area contributed by atoms with Crippen LogP contribution in [-0.2, 0) is 0 Å². The molecular weight excluding hydrogens is 265 g/mol. The van der Waals surface area contributed by atoms with E-state index in [4.69, 9.17) is 5.26 Å². The zero-order valence-corrected chi connectivity index (χ0v) is 10.3. The fourth-order valence-electron chi connectivity index (χ4n) is 1.77. The van der Waals surface area contributed by atoms with Crippen LogP contribution in [0.15, 0.2) is 29.6 Å². The molecule has 2 heterocycles. The minimum absolute atomic E-state index is 0.218. The molecule has 0 amide bonds. The molecule has 1 N–H and O–H groups in total. The molecule has 0 bridgehead atoms. The molecule has 0 spiro atoms. The molecule has 0 atom stereocenters. The summed E-state index contributed by atoms with van der Waals surface area (Å²) in [4.78, 5) is 19.0. The van der Waals surface area contributed by atoms with Crippen molar-refractivity contribution in [3.8, 4) is 6.07 Å². The van der Waals surface area contributed by atoms with Crippen molar-refractivity contribution < 1.29 is 9.18 Å². The maximum atomic E-state index is 13.1. The minimum Gasteiger partial charge on any atom is -0.352 e. The molecule has 6 heteroatoms. The summed E-state index contributed by atoms with van der Waals surface area (Å²) < 4.78 is 13.1. The topological polar surface area (TPSA) is 69.5 Å². The van der Waals surface area contributed by atoms with Gasteiger partial charge in [-0.25, -0.2) is 9.37 Å². The number of halogens is 1. The molecule has 92 valence electrons. The normalized spacial score (nSPS) is 10.5. The molecule has 0 unspecified atom stereocenters. The van der Waals surface area contributed by atoms with Crippen LogP contribution in [0.25, 0.3) is 10.9 Å². The molecule has 3 rings (SSSR count). The zero-order chi connectivity index (χ0) is 13.4. The van der Waals surface area contributed by atoms with Crippen LogP contribution in [0.2, 0.25) is 0 Å². The molecule has 0 saturated carbocycles. The van der Waals surface area contributed by atoms with Crippen molar-refractivity contribution in [3.05, 3.63) is 51.9 Å². The van der Waals surface area contributed by atoms with Gasteiger partial charge in [0.1, 0.15) is 11.9 Å². The van der Waals surface area contributed by atoms with E-state index in [-0.39, 0.29) is 22.3 Å². The number of thiazole rings is 1. The maximum Gasteiger partial charge on any atom is 0.237 e. The number of rotatable bonds is 2. The standard InChI is InChI=1S/C13H6FN3OS/c14-8-1-2-10-7(3-8)4-11(17-10)12(18)13-16-9(5-15)6-19-13/h1-4,6,17H.